The minimum absolute atomic E-state index is 0.527. The number of carboxylic acid groups (broad SMARTS) is 1. The highest BCUT2D eigenvalue weighted by atomic mass is 32.1. The number of likely N-dealkylation sites (N-methyl/N-ethyl adjacent to an activating group) is 1. The fraction of sp³-hybridized carbons (Fsp3) is 0.583. The first-order valence-corrected chi connectivity index (χ1v) is 6.61. The van der Waals surface area contributed by atoms with Crippen LogP contribution in [0.25, 0.3) is 0 Å². The third kappa shape index (κ3) is 2.28. The molecule has 0 fully saturated rings. The molecule has 1 atom stereocenters. The number of nitrogens with one attached hydrogen (secondary N) is 1. The molecule has 0 radical (unpaired) electrons. The Morgan fingerprint density at radius 1 is 1.56 bits per heavy atom. The smallest absolute Gasteiger partial charge is 0.326 e. The molecule has 0 saturated carbocycles. The molecule has 0 aromatic carbocycles. The fourth-order valence-corrected chi connectivity index (χ4v) is 3.50. The lowest BCUT2D eigenvalue weighted by molar-refractivity contribution is -0.139. The lowest BCUT2D eigenvalue weighted by Gasteiger charge is -2.10. The summed E-state index contributed by atoms with van der Waals surface area (Å²) >= 11 is 1.67. The number of aliphatic carboxylic acids is 1. The molecule has 1 heterocycles. The van der Waals surface area contributed by atoms with Crippen LogP contribution in [-0.2, 0) is 17.6 Å². The summed E-state index contributed by atoms with van der Waals surface area (Å²) in [6.07, 6.45) is 4.72. The predicted molar refractivity (Wildman–Crippen MR) is 65.0 cm³/mol. The quantitative estimate of drug-likeness (QED) is 0.848. The van der Waals surface area contributed by atoms with Crippen molar-refractivity contribution >= 4 is 17.3 Å². The number of thiophene rings is 1. The summed E-state index contributed by atoms with van der Waals surface area (Å²) < 4.78 is 0. The van der Waals surface area contributed by atoms with Gasteiger partial charge in [0.05, 0.1) is 0 Å². The van der Waals surface area contributed by atoms with Crippen LogP contribution in [-0.4, -0.2) is 17.6 Å². The highest BCUT2D eigenvalue weighted by molar-refractivity contribution is 7.12. The van der Waals surface area contributed by atoms with Crippen molar-refractivity contribution in [3.8, 4) is 0 Å². The van der Waals surface area contributed by atoms with Crippen molar-refractivity contribution in [3.63, 3.8) is 0 Å². The minimum atomic E-state index is -0.777. The lowest BCUT2D eigenvalue weighted by atomic mass is 9.99. The second-order valence-electron chi connectivity index (χ2n) is 4.13. The van der Waals surface area contributed by atoms with Gasteiger partial charge in [-0.3, -0.25) is 4.79 Å². The third-order valence-corrected chi connectivity index (χ3v) is 4.26. The number of fused-ring (bicyclic) bond motifs is 1. The molecule has 1 aromatic rings. The van der Waals surface area contributed by atoms with E-state index in [1.165, 1.54) is 23.3 Å². The molecule has 0 aliphatic heterocycles. The maximum atomic E-state index is 11.1. The van der Waals surface area contributed by atoms with Crippen LogP contribution in [0.3, 0.4) is 0 Å². The van der Waals surface area contributed by atoms with E-state index < -0.39 is 12.0 Å². The second kappa shape index (κ2) is 4.97. The van der Waals surface area contributed by atoms with Gasteiger partial charge in [0.25, 0.3) is 0 Å². The van der Waals surface area contributed by atoms with Crippen molar-refractivity contribution < 1.29 is 9.90 Å². The van der Waals surface area contributed by atoms with E-state index >= 15 is 0 Å². The Labute approximate surface area is 99.5 Å². The monoisotopic (exact) mass is 239 g/mol. The highest BCUT2D eigenvalue weighted by Gasteiger charge is 2.23. The van der Waals surface area contributed by atoms with E-state index in [0.29, 0.717) is 6.54 Å². The maximum Gasteiger partial charge on any atom is 0.326 e. The molecular formula is C12H17NO2S. The summed E-state index contributed by atoms with van der Waals surface area (Å²) in [7, 11) is 0. The Morgan fingerprint density at radius 2 is 2.31 bits per heavy atom. The minimum Gasteiger partial charge on any atom is -0.480 e. The van der Waals surface area contributed by atoms with Crippen molar-refractivity contribution in [1.29, 1.82) is 0 Å². The second-order valence-corrected chi connectivity index (χ2v) is 5.30. The standard InChI is InChI=1S/C12H17NO2S/c1-2-13-11(12(14)15)10-7-8-5-3-4-6-9(8)16-10/h7,11,13H,2-6H2,1H3,(H,14,15). The number of hydrogen-bond donors (Lipinski definition) is 2. The molecule has 0 spiro atoms. The molecule has 2 N–H and O–H groups in total. The van der Waals surface area contributed by atoms with Crippen molar-refractivity contribution in [3.05, 3.63) is 21.4 Å². The Morgan fingerprint density at radius 3 is 2.94 bits per heavy atom. The van der Waals surface area contributed by atoms with E-state index in [1.54, 1.807) is 11.3 Å². The Hall–Kier alpha value is -0.870. The van der Waals surface area contributed by atoms with Gasteiger partial charge in [0, 0.05) is 9.75 Å². The first-order valence-electron chi connectivity index (χ1n) is 5.80. The Kier molecular flexibility index (Phi) is 3.61. The van der Waals surface area contributed by atoms with Gasteiger partial charge >= 0.3 is 5.97 Å². The number of hydrogen-bond acceptors (Lipinski definition) is 3. The molecule has 2 rings (SSSR count). The molecule has 0 amide bonds. The molecule has 1 unspecified atom stereocenters. The third-order valence-electron chi connectivity index (χ3n) is 2.96. The van der Waals surface area contributed by atoms with Crippen molar-refractivity contribution in [1.82, 2.24) is 5.32 Å². The highest BCUT2D eigenvalue weighted by Crippen LogP contribution is 2.32. The number of aryl methyl sites for hydroxylation is 2. The molecule has 0 saturated heterocycles. The summed E-state index contributed by atoms with van der Waals surface area (Å²) in [4.78, 5) is 13.5. The van der Waals surface area contributed by atoms with Crippen molar-refractivity contribution in [2.45, 2.75) is 38.6 Å². The molecule has 1 aromatic heterocycles. The average Bonchev–Trinajstić information content (AvgIpc) is 2.68. The molecule has 88 valence electrons. The average molecular weight is 239 g/mol. The largest absolute Gasteiger partial charge is 0.480 e. The van der Waals surface area contributed by atoms with Crippen LogP contribution >= 0.6 is 11.3 Å². The van der Waals surface area contributed by atoms with Crippen molar-refractivity contribution in [2.75, 3.05) is 6.54 Å². The zero-order valence-corrected chi connectivity index (χ0v) is 10.3. The fourth-order valence-electron chi connectivity index (χ4n) is 2.17. The molecule has 3 nitrogen and oxygen atoms in total. The normalized spacial score (nSPS) is 16.8. The van der Waals surface area contributed by atoms with Crippen LogP contribution in [0, 0.1) is 0 Å². The topological polar surface area (TPSA) is 49.3 Å². The van der Waals surface area contributed by atoms with Gasteiger partial charge in [0.1, 0.15) is 6.04 Å². The van der Waals surface area contributed by atoms with Gasteiger partial charge in [-0.2, -0.15) is 0 Å². The van der Waals surface area contributed by atoms with E-state index in [2.05, 4.69) is 11.4 Å². The van der Waals surface area contributed by atoms with Gasteiger partial charge in [-0.05, 0) is 43.9 Å². The summed E-state index contributed by atoms with van der Waals surface area (Å²) in [5.74, 6) is -0.777. The first-order chi connectivity index (χ1) is 7.72. The summed E-state index contributed by atoms with van der Waals surface area (Å²) in [6, 6.07) is 1.56. The van der Waals surface area contributed by atoms with Crippen molar-refractivity contribution in [2.24, 2.45) is 0 Å². The zero-order chi connectivity index (χ0) is 11.5. The maximum absolute atomic E-state index is 11.1. The van der Waals surface area contributed by atoms with Crippen LogP contribution in [0.1, 0.15) is 41.1 Å². The predicted octanol–water partition coefficient (Wildman–Crippen LogP) is 2.36. The molecule has 1 aliphatic carbocycles. The molecule has 4 heteroatoms. The van der Waals surface area contributed by atoms with E-state index in [4.69, 9.17) is 5.11 Å². The molecule has 16 heavy (non-hydrogen) atoms. The van der Waals surface area contributed by atoms with Crippen LogP contribution < -0.4 is 5.32 Å². The summed E-state index contributed by atoms with van der Waals surface area (Å²) in [6.45, 7) is 2.61. The van der Waals surface area contributed by atoms with Gasteiger partial charge in [0.2, 0.25) is 0 Å². The van der Waals surface area contributed by atoms with Crippen LogP contribution in [0.15, 0.2) is 6.07 Å². The van der Waals surface area contributed by atoms with Crippen LogP contribution in [0.5, 0.6) is 0 Å². The van der Waals surface area contributed by atoms with Crippen LogP contribution in [0.2, 0.25) is 0 Å². The lowest BCUT2D eigenvalue weighted by Crippen LogP contribution is -2.27. The first kappa shape index (κ1) is 11.6. The van der Waals surface area contributed by atoms with E-state index in [0.717, 1.165) is 17.7 Å². The zero-order valence-electron chi connectivity index (χ0n) is 9.45. The number of carbonyl (C=O) groups is 1. The van der Waals surface area contributed by atoms with Gasteiger partial charge in [-0.25, -0.2) is 0 Å². The number of rotatable bonds is 4. The van der Waals surface area contributed by atoms with Gasteiger partial charge in [0.15, 0.2) is 0 Å². The molecule has 0 bridgehead atoms. The molecular weight excluding hydrogens is 222 g/mol. The summed E-state index contributed by atoms with van der Waals surface area (Å²) in [5, 5.41) is 12.2. The Balaban J connectivity index is 2.24. The van der Waals surface area contributed by atoms with Gasteiger partial charge in [-0.1, -0.05) is 6.92 Å². The Bertz CT molecular complexity index is 363. The van der Waals surface area contributed by atoms with E-state index in [-0.39, 0.29) is 0 Å². The van der Waals surface area contributed by atoms with Gasteiger partial charge < -0.3 is 10.4 Å². The van der Waals surface area contributed by atoms with E-state index in [1.807, 2.05) is 6.92 Å². The van der Waals surface area contributed by atoms with E-state index in [9.17, 15) is 4.79 Å². The number of carboxylic acids is 1. The van der Waals surface area contributed by atoms with Gasteiger partial charge in [-0.15, -0.1) is 11.3 Å². The summed E-state index contributed by atoms with van der Waals surface area (Å²) in [5.41, 5.74) is 1.37. The van der Waals surface area contributed by atoms with Crippen LogP contribution in [0.4, 0.5) is 0 Å². The molecule has 1 aliphatic rings. The SMILES string of the molecule is CCNC(C(=O)O)c1cc2c(s1)CCCC2.